The predicted octanol–water partition coefficient (Wildman–Crippen LogP) is 1.47. The maximum Gasteiger partial charge on any atom is 0.0669 e. The fourth-order valence-electron chi connectivity index (χ4n) is 1.18. The Morgan fingerprint density at radius 2 is 2.00 bits per heavy atom. The Morgan fingerprint density at radius 1 is 1.33 bits per heavy atom. The van der Waals surface area contributed by atoms with E-state index < -0.39 is 0 Å². The Balaban J connectivity index is 2.85. The zero-order chi connectivity index (χ0) is 8.81. The van der Waals surface area contributed by atoms with E-state index in [1.165, 1.54) is 5.56 Å². The number of hydrogen-bond donors (Lipinski definition) is 1. The van der Waals surface area contributed by atoms with Crippen molar-refractivity contribution >= 4 is 0 Å². The minimum atomic E-state index is 0.498. The van der Waals surface area contributed by atoms with E-state index in [2.05, 4.69) is 11.4 Å². The SMILES string of the molecule is CNCc1ccccc1CC#N. The summed E-state index contributed by atoms with van der Waals surface area (Å²) in [6.07, 6.45) is 0.498. The van der Waals surface area contributed by atoms with E-state index in [-0.39, 0.29) is 0 Å². The number of nitrogens with one attached hydrogen (secondary N) is 1. The smallest absolute Gasteiger partial charge is 0.0669 e. The van der Waals surface area contributed by atoms with Crippen molar-refractivity contribution in [2.24, 2.45) is 0 Å². The molecule has 12 heavy (non-hydrogen) atoms. The first kappa shape index (κ1) is 8.76. The fourth-order valence-corrected chi connectivity index (χ4v) is 1.18. The second kappa shape index (κ2) is 4.53. The summed E-state index contributed by atoms with van der Waals surface area (Å²) in [4.78, 5) is 0. The normalized spacial score (nSPS) is 9.33. The maximum absolute atomic E-state index is 8.54. The molecule has 0 atom stereocenters. The van der Waals surface area contributed by atoms with Crippen molar-refractivity contribution in [3.63, 3.8) is 0 Å². The van der Waals surface area contributed by atoms with Gasteiger partial charge in [-0.15, -0.1) is 0 Å². The van der Waals surface area contributed by atoms with Gasteiger partial charge in [-0.25, -0.2) is 0 Å². The van der Waals surface area contributed by atoms with Gasteiger partial charge < -0.3 is 5.32 Å². The first-order valence-corrected chi connectivity index (χ1v) is 3.97. The van der Waals surface area contributed by atoms with Crippen LogP contribution in [0.4, 0.5) is 0 Å². The molecule has 0 aliphatic heterocycles. The van der Waals surface area contributed by atoms with Crippen LogP contribution in [0.2, 0.25) is 0 Å². The Hall–Kier alpha value is -1.33. The van der Waals surface area contributed by atoms with Gasteiger partial charge in [0.05, 0.1) is 12.5 Å². The molecule has 0 heterocycles. The largest absolute Gasteiger partial charge is 0.316 e. The van der Waals surface area contributed by atoms with E-state index in [4.69, 9.17) is 5.26 Å². The number of nitriles is 1. The second-order valence-electron chi connectivity index (χ2n) is 2.63. The summed E-state index contributed by atoms with van der Waals surface area (Å²) in [7, 11) is 1.91. The molecule has 0 saturated carbocycles. The molecule has 1 rings (SSSR count). The second-order valence-corrected chi connectivity index (χ2v) is 2.63. The van der Waals surface area contributed by atoms with Crippen LogP contribution in [0.1, 0.15) is 11.1 Å². The summed E-state index contributed by atoms with van der Waals surface area (Å²) in [5, 5.41) is 11.6. The maximum atomic E-state index is 8.54. The average Bonchev–Trinajstić information content (AvgIpc) is 2.09. The molecule has 1 N–H and O–H groups in total. The lowest BCUT2D eigenvalue weighted by molar-refractivity contribution is 0.809. The lowest BCUT2D eigenvalue weighted by atomic mass is 10.1. The van der Waals surface area contributed by atoms with Crippen LogP contribution in [0.15, 0.2) is 24.3 Å². The highest BCUT2D eigenvalue weighted by Crippen LogP contribution is 2.08. The zero-order valence-corrected chi connectivity index (χ0v) is 7.17. The van der Waals surface area contributed by atoms with Gasteiger partial charge in [0.15, 0.2) is 0 Å². The summed E-state index contributed by atoms with van der Waals surface area (Å²) < 4.78 is 0. The van der Waals surface area contributed by atoms with Gasteiger partial charge >= 0.3 is 0 Å². The number of rotatable bonds is 3. The van der Waals surface area contributed by atoms with Crippen LogP contribution in [0.25, 0.3) is 0 Å². The van der Waals surface area contributed by atoms with Crippen LogP contribution >= 0.6 is 0 Å². The topological polar surface area (TPSA) is 35.8 Å². The quantitative estimate of drug-likeness (QED) is 0.726. The Bertz CT molecular complexity index is 286. The number of benzene rings is 1. The molecule has 0 aliphatic rings. The first-order chi connectivity index (χ1) is 5.88. The monoisotopic (exact) mass is 160 g/mol. The van der Waals surface area contributed by atoms with Gasteiger partial charge in [-0.2, -0.15) is 5.26 Å². The molecule has 0 amide bonds. The Labute approximate surface area is 72.8 Å². The van der Waals surface area contributed by atoms with Crippen molar-refractivity contribution < 1.29 is 0 Å². The average molecular weight is 160 g/mol. The lowest BCUT2D eigenvalue weighted by Crippen LogP contribution is -2.07. The van der Waals surface area contributed by atoms with E-state index in [1.807, 2.05) is 31.3 Å². The van der Waals surface area contributed by atoms with Crippen LogP contribution in [0, 0.1) is 11.3 Å². The minimum absolute atomic E-state index is 0.498. The van der Waals surface area contributed by atoms with Gasteiger partial charge in [-0.1, -0.05) is 24.3 Å². The Morgan fingerprint density at radius 3 is 2.58 bits per heavy atom. The third-order valence-corrected chi connectivity index (χ3v) is 1.76. The van der Waals surface area contributed by atoms with Crippen LogP contribution in [-0.4, -0.2) is 7.05 Å². The molecule has 0 spiro atoms. The molecule has 62 valence electrons. The number of nitrogens with zero attached hydrogens (tertiary/aromatic N) is 1. The van der Waals surface area contributed by atoms with Gasteiger partial charge in [0.1, 0.15) is 0 Å². The molecule has 0 aromatic heterocycles. The van der Waals surface area contributed by atoms with E-state index in [9.17, 15) is 0 Å². The van der Waals surface area contributed by atoms with Crippen molar-refractivity contribution in [2.45, 2.75) is 13.0 Å². The highest BCUT2D eigenvalue weighted by Gasteiger charge is 1.98. The van der Waals surface area contributed by atoms with Crippen molar-refractivity contribution in [1.29, 1.82) is 5.26 Å². The standard InChI is InChI=1S/C10H12N2/c1-12-8-10-5-3-2-4-9(10)6-7-11/h2-5,12H,6,8H2,1H3. The molecule has 2 heteroatoms. The van der Waals surface area contributed by atoms with E-state index in [0.717, 1.165) is 12.1 Å². The van der Waals surface area contributed by atoms with Crippen molar-refractivity contribution in [3.8, 4) is 6.07 Å². The molecular weight excluding hydrogens is 148 g/mol. The van der Waals surface area contributed by atoms with E-state index in [0.29, 0.717) is 6.42 Å². The van der Waals surface area contributed by atoms with Crippen LogP contribution in [-0.2, 0) is 13.0 Å². The van der Waals surface area contributed by atoms with Crippen LogP contribution < -0.4 is 5.32 Å². The summed E-state index contributed by atoms with van der Waals surface area (Å²) >= 11 is 0. The minimum Gasteiger partial charge on any atom is -0.316 e. The highest BCUT2D eigenvalue weighted by molar-refractivity contribution is 5.29. The molecule has 0 aliphatic carbocycles. The molecule has 0 saturated heterocycles. The molecule has 0 bridgehead atoms. The first-order valence-electron chi connectivity index (χ1n) is 3.97. The molecule has 0 radical (unpaired) electrons. The van der Waals surface area contributed by atoms with Gasteiger partial charge in [0.2, 0.25) is 0 Å². The van der Waals surface area contributed by atoms with Crippen molar-refractivity contribution in [3.05, 3.63) is 35.4 Å². The summed E-state index contributed by atoms with van der Waals surface area (Å²) in [5.41, 5.74) is 2.33. The van der Waals surface area contributed by atoms with Crippen LogP contribution in [0.3, 0.4) is 0 Å². The zero-order valence-electron chi connectivity index (χ0n) is 7.17. The molecule has 0 unspecified atom stereocenters. The highest BCUT2D eigenvalue weighted by atomic mass is 14.8. The van der Waals surface area contributed by atoms with Gasteiger partial charge in [-0.05, 0) is 18.2 Å². The third-order valence-electron chi connectivity index (χ3n) is 1.76. The lowest BCUT2D eigenvalue weighted by Gasteiger charge is -2.04. The molecule has 1 aromatic carbocycles. The van der Waals surface area contributed by atoms with Gasteiger partial charge in [0, 0.05) is 6.54 Å². The van der Waals surface area contributed by atoms with E-state index >= 15 is 0 Å². The van der Waals surface area contributed by atoms with Gasteiger partial charge in [-0.3, -0.25) is 0 Å². The number of hydrogen-bond acceptors (Lipinski definition) is 2. The third kappa shape index (κ3) is 2.08. The molecular formula is C10H12N2. The van der Waals surface area contributed by atoms with Crippen LogP contribution in [0.5, 0.6) is 0 Å². The van der Waals surface area contributed by atoms with Crippen molar-refractivity contribution in [2.75, 3.05) is 7.05 Å². The summed E-state index contributed by atoms with van der Waals surface area (Å²) in [5.74, 6) is 0. The van der Waals surface area contributed by atoms with E-state index in [1.54, 1.807) is 0 Å². The molecule has 0 fully saturated rings. The predicted molar refractivity (Wildman–Crippen MR) is 48.5 cm³/mol. The molecule has 1 aromatic rings. The fraction of sp³-hybridized carbons (Fsp3) is 0.300. The Kier molecular flexibility index (Phi) is 3.31. The molecule has 2 nitrogen and oxygen atoms in total. The van der Waals surface area contributed by atoms with Gasteiger partial charge in [0.25, 0.3) is 0 Å². The summed E-state index contributed by atoms with van der Waals surface area (Å²) in [6.45, 7) is 0.831. The summed E-state index contributed by atoms with van der Waals surface area (Å²) in [6, 6.07) is 10.2. The van der Waals surface area contributed by atoms with Crippen molar-refractivity contribution in [1.82, 2.24) is 5.32 Å².